The van der Waals surface area contributed by atoms with Crippen LogP contribution in [0.15, 0.2) is 6.07 Å². The van der Waals surface area contributed by atoms with Gasteiger partial charge in [0.15, 0.2) is 23.3 Å². The van der Waals surface area contributed by atoms with Crippen LogP contribution in [-0.4, -0.2) is 9.78 Å². The summed E-state index contributed by atoms with van der Waals surface area (Å²) in [5.41, 5.74) is 1.43. The van der Waals surface area contributed by atoms with E-state index in [2.05, 4.69) is 5.10 Å². The van der Waals surface area contributed by atoms with Crippen molar-refractivity contribution in [3.63, 3.8) is 0 Å². The Balaban J connectivity index is 2.86. The third kappa shape index (κ3) is 1.93. The molecule has 1 aromatic carbocycles. The summed E-state index contributed by atoms with van der Waals surface area (Å²) in [6.07, 6.45) is 0. The van der Waals surface area contributed by atoms with E-state index >= 15 is 0 Å². The minimum atomic E-state index is -1.93. The standard InChI is InChI=1S/C11H10F4N4/c1-4-3-5(2)19(18-4)11-9(15)7(13)6(12)8(14)10(11)17-16/h3,17H,16H2,1-2H3. The van der Waals surface area contributed by atoms with Gasteiger partial charge in [-0.2, -0.15) is 5.10 Å². The Bertz CT molecular complexity index is 651. The van der Waals surface area contributed by atoms with E-state index in [0.29, 0.717) is 11.4 Å². The van der Waals surface area contributed by atoms with Crippen LogP contribution in [0.5, 0.6) is 0 Å². The molecular weight excluding hydrogens is 264 g/mol. The average molecular weight is 274 g/mol. The van der Waals surface area contributed by atoms with Crippen LogP contribution in [0.1, 0.15) is 11.4 Å². The fourth-order valence-corrected chi connectivity index (χ4v) is 1.81. The van der Waals surface area contributed by atoms with E-state index in [0.717, 1.165) is 4.68 Å². The molecule has 0 radical (unpaired) electrons. The van der Waals surface area contributed by atoms with E-state index in [1.165, 1.54) is 0 Å². The monoisotopic (exact) mass is 274 g/mol. The number of halogens is 4. The molecule has 0 atom stereocenters. The molecule has 3 N–H and O–H groups in total. The van der Waals surface area contributed by atoms with Crippen LogP contribution < -0.4 is 11.3 Å². The van der Waals surface area contributed by atoms with Gasteiger partial charge in [-0.3, -0.25) is 5.84 Å². The van der Waals surface area contributed by atoms with E-state index in [-0.39, 0.29) is 0 Å². The molecule has 8 heteroatoms. The van der Waals surface area contributed by atoms with Crippen LogP contribution in [0, 0.1) is 37.1 Å². The van der Waals surface area contributed by atoms with Crippen molar-refractivity contribution >= 4 is 5.69 Å². The minimum absolute atomic E-state index is 0.415. The van der Waals surface area contributed by atoms with E-state index in [9.17, 15) is 17.6 Å². The normalized spacial score (nSPS) is 10.9. The van der Waals surface area contributed by atoms with Crippen LogP contribution in [0.3, 0.4) is 0 Å². The number of hydrogen-bond acceptors (Lipinski definition) is 3. The predicted octanol–water partition coefficient (Wildman–Crippen LogP) is 2.33. The highest BCUT2D eigenvalue weighted by molar-refractivity contribution is 5.63. The number of nitrogens with two attached hydrogens (primary N) is 1. The van der Waals surface area contributed by atoms with Crippen molar-refractivity contribution in [3.05, 3.63) is 40.7 Å². The zero-order valence-electron chi connectivity index (χ0n) is 10.1. The van der Waals surface area contributed by atoms with Crippen LogP contribution in [0.2, 0.25) is 0 Å². The Morgan fingerprint density at radius 1 is 1.05 bits per heavy atom. The van der Waals surface area contributed by atoms with E-state index < -0.39 is 34.6 Å². The number of hydrazine groups is 1. The van der Waals surface area contributed by atoms with Gasteiger partial charge >= 0.3 is 0 Å². The number of hydrogen-bond donors (Lipinski definition) is 2. The molecule has 0 amide bonds. The Morgan fingerprint density at radius 3 is 2.11 bits per heavy atom. The van der Waals surface area contributed by atoms with Gasteiger partial charge < -0.3 is 5.43 Å². The van der Waals surface area contributed by atoms with Crippen molar-refractivity contribution in [2.45, 2.75) is 13.8 Å². The number of aromatic nitrogens is 2. The summed E-state index contributed by atoms with van der Waals surface area (Å²) in [5, 5.41) is 3.89. The largest absolute Gasteiger partial charge is 0.320 e. The van der Waals surface area contributed by atoms with Crippen molar-refractivity contribution in [1.82, 2.24) is 9.78 Å². The lowest BCUT2D eigenvalue weighted by Crippen LogP contribution is -2.17. The summed E-state index contributed by atoms with van der Waals surface area (Å²) in [5.74, 6) is -1.98. The second kappa shape index (κ2) is 4.54. The summed E-state index contributed by atoms with van der Waals surface area (Å²) in [6.45, 7) is 3.17. The molecule has 0 fully saturated rings. The summed E-state index contributed by atoms with van der Waals surface area (Å²) in [4.78, 5) is 0. The van der Waals surface area contributed by atoms with Crippen molar-refractivity contribution < 1.29 is 17.6 Å². The number of anilines is 1. The number of aryl methyl sites for hydroxylation is 2. The highest BCUT2D eigenvalue weighted by atomic mass is 19.2. The molecule has 102 valence electrons. The zero-order valence-corrected chi connectivity index (χ0v) is 10.1. The number of nitrogens with one attached hydrogen (secondary N) is 1. The molecule has 0 unspecified atom stereocenters. The van der Waals surface area contributed by atoms with Gasteiger partial charge in [0, 0.05) is 5.69 Å². The van der Waals surface area contributed by atoms with Gasteiger partial charge in [-0.15, -0.1) is 0 Å². The van der Waals surface area contributed by atoms with Gasteiger partial charge in [0.2, 0.25) is 0 Å². The van der Waals surface area contributed by atoms with Crippen molar-refractivity contribution in [2.75, 3.05) is 5.43 Å². The van der Waals surface area contributed by atoms with Crippen molar-refractivity contribution in [1.29, 1.82) is 0 Å². The smallest absolute Gasteiger partial charge is 0.199 e. The van der Waals surface area contributed by atoms with Gasteiger partial charge in [0.1, 0.15) is 11.4 Å². The first-order valence-electron chi connectivity index (χ1n) is 5.24. The maximum Gasteiger partial charge on any atom is 0.199 e. The fraction of sp³-hybridized carbons (Fsp3) is 0.182. The number of benzene rings is 1. The van der Waals surface area contributed by atoms with Crippen LogP contribution in [-0.2, 0) is 0 Å². The molecule has 0 aliphatic carbocycles. The second-order valence-electron chi connectivity index (χ2n) is 3.96. The van der Waals surface area contributed by atoms with Gasteiger partial charge in [-0.25, -0.2) is 22.2 Å². The van der Waals surface area contributed by atoms with E-state index in [4.69, 9.17) is 5.84 Å². The highest BCUT2D eigenvalue weighted by Gasteiger charge is 2.27. The molecule has 1 heterocycles. The Kier molecular flexibility index (Phi) is 3.19. The number of rotatable bonds is 2. The lowest BCUT2D eigenvalue weighted by molar-refractivity contribution is 0.407. The summed E-state index contributed by atoms with van der Waals surface area (Å²) >= 11 is 0. The molecule has 4 nitrogen and oxygen atoms in total. The molecule has 19 heavy (non-hydrogen) atoms. The van der Waals surface area contributed by atoms with Gasteiger partial charge in [-0.05, 0) is 19.9 Å². The summed E-state index contributed by atoms with van der Waals surface area (Å²) in [7, 11) is 0. The molecule has 0 aliphatic heterocycles. The SMILES string of the molecule is Cc1cc(C)n(-c2c(F)c(F)c(F)c(F)c2NN)n1. The lowest BCUT2D eigenvalue weighted by Gasteiger charge is -2.14. The highest BCUT2D eigenvalue weighted by Crippen LogP contribution is 2.31. The van der Waals surface area contributed by atoms with Gasteiger partial charge in [-0.1, -0.05) is 0 Å². The molecule has 2 rings (SSSR count). The fourth-order valence-electron chi connectivity index (χ4n) is 1.81. The van der Waals surface area contributed by atoms with Gasteiger partial charge in [0.05, 0.1) is 5.69 Å². The first kappa shape index (κ1) is 13.3. The maximum atomic E-state index is 13.8. The average Bonchev–Trinajstić information content (AvgIpc) is 2.69. The number of nitrogen functional groups attached to an aromatic ring is 1. The molecule has 0 saturated heterocycles. The first-order chi connectivity index (χ1) is 8.88. The molecule has 0 aliphatic rings. The van der Waals surface area contributed by atoms with Gasteiger partial charge in [0.25, 0.3) is 0 Å². The Hall–Kier alpha value is -2.09. The molecular formula is C11H10F4N4. The topological polar surface area (TPSA) is 55.9 Å². The molecule has 0 spiro atoms. The van der Waals surface area contributed by atoms with Crippen LogP contribution in [0.25, 0.3) is 5.69 Å². The zero-order chi connectivity index (χ0) is 14.3. The quantitative estimate of drug-likeness (QED) is 0.290. The van der Waals surface area contributed by atoms with Crippen molar-refractivity contribution in [2.24, 2.45) is 5.84 Å². The molecule has 2 aromatic rings. The second-order valence-corrected chi connectivity index (χ2v) is 3.96. The first-order valence-corrected chi connectivity index (χ1v) is 5.24. The predicted molar refractivity (Wildman–Crippen MR) is 60.7 cm³/mol. The minimum Gasteiger partial charge on any atom is -0.320 e. The molecule has 1 aromatic heterocycles. The molecule has 0 saturated carbocycles. The van der Waals surface area contributed by atoms with Crippen molar-refractivity contribution in [3.8, 4) is 5.69 Å². The van der Waals surface area contributed by atoms with E-state index in [1.807, 2.05) is 5.43 Å². The Morgan fingerprint density at radius 2 is 1.63 bits per heavy atom. The third-order valence-electron chi connectivity index (χ3n) is 2.61. The summed E-state index contributed by atoms with van der Waals surface area (Å²) < 4.78 is 54.8. The molecule has 0 bridgehead atoms. The van der Waals surface area contributed by atoms with E-state index in [1.54, 1.807) is 19.9 Å². The third-order valence-corrected chi connectivity index (χ3v) is 2.61. The summed E-state index contributed by atoms with van der Waals surface area (Å²) in [6, 6.07) is 1.57. The van der Waals surface area contributed by atoms with Crippen LogP contribution in [0.4, 0.5) is 23.2 Å². The van der Waals surface area contributed by atoms with Crippen LogP contribution >= 0.6 is 0 Å². The number of nitrogens with zero attached hydrogens (tertiary/aromatic N) is 2. The maximum absolute atomic E-state index is 13.8. The Labute approximate surface area is 105 Å². The lowest BCUT2D eigenvalue weighted by atomic mass is 10.2.